The van der Waals surface area contributed by atoms with Crippen LogP contribution in [-0.2, 0) is 4.79 Å². The van der Waals surface area contributed by atoms with E-state index in [0.29, 0.717) is 5.78 Å². The van der Waals surface area contributed by atoms with Gasteiger partial charge < -0.3 is 9.47 Å². The van der Waals surface area contributed by atoms with Gasteiger partial charge in [0.25, 0.3) is 0 Å². The molecule has 1 aromatic carbocycles. The molecular weight excluding hydrogens is 286 g/mol. The summed E-state index contributed by atoms with van der Waals surface area (Å²) < 4.78 is 2.22. The Labute approximate surface area is 136 Å². The molecule has 0 bridgehead atoms. The number of piperidine rings is 1. The SMILES string of the molecule is CN1CCC2(CC1)CC(C1c3ccccc3-c3cncn31)C2=O. The average molecular weight is 307 g/mol. The summed E-state index contributed by atoms with van der Waals surface area (Å²) in [6, 6.07) is 8.64. The first-order valence-electron chi connectivity index (χ1n) is 8.54. The normalized spacial score (nSPS) is 28.5. The molecule has 1 saturated carbocycles. The van der Waals surface area contributed by atoms with Gasteiger partial charge in [0.2, 0.25) is 0 Å². The second kappa shape index (κ2) is 4.54. The van der Waals surface area contributed by atoms with E-state index in [1.54, 1.807) is 0 Å². The molecule has 118 valence electrons. The van der Waals surface area contributed by atoms with E-state index < -0.39 is 0 Å². The third kappa shape index (κ3) is 1.70. The second-order valence-electron chi connectivity index (χ2n) is 7.48. The van der Waals surface area contributed by atoms with Crippen molar-refractivity contribution in [3.63, 3.8) is 0 Å². The van der Waals surface area contributed by atoms with Gasteiger partial charge in [-0.2, -0.15) is 0 Å². The second-order valence-corrected chi connectivity index (χ2v) is 7.48. The monoisotopic (exact) mass is 307 g/mol. The van der Waals surface area contributed by atoms with Crippen LogP contribution in [0.4, 0.5) is 0 Å². The number of benzene rings is 1. The Morgan fingerprint density at radius 1 is 1.22 bits per heavy atom. The zero-order valence-electron chi connectivity index (χ0n) is 13.4. The maximum Gasteiger partial charge on any atom is 0.144 e. The number of Topliss-reactive ketones (excluding diaryl/α,β-unsaturated/α-hetero) is 1. The Hall–Kier alpha value is -1.94. The van der Waals surface area contributed by atoms with E-state index in [-0.39, 0.29) is 17.4 Å². The Morgan fingerprint density at radius 3 is 2.78 bits per heavy atom. The Bertz CT molecular complexity index is 785. The van der Waals surface area contributed by atoms with Crippen LogP contribution in [0.15, 0.2) is 36.8 Å². The van der Waals surface area contributed by atoms with E-state index in [2.05, 4.69) is 45.8 Å². The van der Waals surface area contributed by atoms with Crippen molar-refractivity contribution in [3.8, 4) is 11.3 Å². The fraction of sp³-hybridized carbons (Fsp3) is 0.474. The lowest BCUT2D eigenvalue weighted by atomic mass is 9.54. The molecule has 2 unspecified atom stereocenters. The molecule has 5 rings (SSSR count). The van der Waals surface area contributed by atoms with Crippen LogP contribution in [0, 0.1) is 11.3 Å². The van der Waals surface area contributed by atoms with Crippen molar-refractivity contribution < 1.29 is 4.79 Å². The van der Waals surface area contributed by atoms with Crippen LogP contribution in [0.5, 0.6) is 0 Å². The molecule has 2 fully saturated rings. The van der Waals surface area contributed by atoms with Crippen LogP contribution in [0.3, 0.4) is 0 Å². The van der Waals surface area contributed by atoms with Crippen molar-refractivity contribution in [2.45, 2.75) is 25.3 Å². The van der Waals surface area contributed by atoms with Gasteiger partial charge in [0, 0.05) is 16.9 Å². The predicted octanol–water partition coefficient (Wildman–Crippen LogP) is 2.75. The summed E-state index contributed by atoms with van der Waals surface area (Å²) in [4.78, 5) is 19.8. The fourth-order valence-electron chi connectivity index (χ4n) is 4.91. The van der Waals surface area contributed by atoms with Gasteiger partial charge in [-0.15, -0.1) is 0 Å². The molecule has 1 aromatic heterocycles. The predicted molar refractivity (Wildman–Crippen MR) is 88.1 cm³/mol. The van der Waals surface area contributed by atoms with Crippen LogP contribution in [0.2, 0.25) is 0 Å². The highest BCUT2D eigenvalue weighted by Crippen LogP contribution is 2.56. The summed E-state index contributed by atoms with van der Waals surface area (Å²) in [6.45, 7) is 2.10. The number of aromatic nitrogens is 2. The summed E-state index contributed by atoms with van der Waals surface area (Å²) in [5, 5.41) is 0. The topological polar surface area (TPSA) is 38.1 Å². The molecule has 2 aromatic rings. The van der Waals surface area contributed by atoms with Gasteiger partial charge in [0.05, 0.1) is 24.3 Å². The minimum Gasteiger partial charge on any atom is -0.322 e. The zero-order valence-corrected chi connectivity index (χ0v) is 13.4. The van der Waals surface area contributed by atoms with Crippen molar-refractivity contribution in [1.29, 1.82) is 0 Å². The molecule has 2 atom stereocenters. The first-order valence-corrected chi connectivity index (χ1v) is 8.54. The molecular formula is C19H21N3O. The standard InChI is InChI=1S/C19H21N3O/c1-21-8-6-19(7-9-21)10-15(18(19)23)17-14-5-3-2-4-13(14)16-11-20-12-22(16)17/h2-5,11-12,15,17H,6-10H2,1H3. The molecule has 0 radical (unpaired) electrons. The molecule has 3 heterocycles. The quantitative estimate of drug-likeness (QED) is 0.813. The average Bonchev–Trinajstić information content (AvgIpc) is 3.15. The maximum absolute atomic E-state index is 13.1. The number of rotatable bonds is 1. The molecule has 0 amide bonds. The first-order chi connectivity index (χ1) is 11.2. The largest absolute Gasteiger partial charge is 0.322 e. The number of carbonyl (C=O) groups excluding carboxylic acids is 1. The van der Waals surface area contributed by atoms with Crippen molar-refractivity contribution in [1.82, 2.24) is 14.5 Å². The van der Waals surface area contributed by atoms with Crippen molar-refractivity contribution in [2.75, 3.05) is 20.1 Å². The zero-order chi connectivity index (χ0) is 15.6. The fourth-order valence-corrected chi connectivity index (χ4v) is 4.91. The number of carbonyl (C=O) groups is 1. The Morgan fingerprint density at radius 2 is 2.00 bits per heavy atom. The molecule has 1 saturated heterocycles. The van der Waals surface area contributed by atoms with E-state index in [1.807, 2.05) is 12.5 Å². The summed E-state index contributed by atoms with van der Waals surface area (Å²) >= 11 is 0. The summed E-state index contributed by atoms with van der Waals surface area (Å²) in [7, 11) is 2.15. The lowest BCUT2D eigenvalue weighted by Crippen LogP contribution is -2.56. The number of imidazole rings is 1. The van der Waals surface area contributed by atoms with Gasteiger partial charge >= 0.3 is 0 Å². The van der Waals surface area contributed by atoms with Gasteiger partial charge in [-0.1, -0.05) is 24.3 Å². The lowest BCUT2D eigenvalue weighted by Gasteiger charge is -2.51. The number of likely N-dealkylation sites (tertiary alicyclic amines) is 1. The Balaban J connectivity index is 1.49. The highest BCUT2D eigenvalue weighted by Gasteiger charge is 2.57. The molecule has 3 aliphatic rings. The molecule has 2 aliphatic heterocycles. The number of ketones is 1. The smallest absolute Gasteiger partial charge is 0.144 e. The van der Waals surface area contributed by atoms with Crippen LogP contribution in [-0.4, -0.2) is 40.4 Å². The lowest BCUT2D eigenvalue weighted by molar-refractivity contribution is -0.152. The number of fused-ring (bicyclic) bond motifs is 3. The van der Waals surface area contributed by atoms with Gasteiger partial charge in [0.15, 0.2) is 0 Å². The van der Waals surface area contributed by atoms with Gasteiger partial charge in [-0.3, -0.25) is 4.79 Å². The van der Waals surface area contributed by atoms with Crippen molar-refractivity contribution in [3.05, 3.63) is 42.4 Å². The summed E-state index contributed by atoms with van der Waals surface area (Å²) in [5.74, 6) is 0.613. The van der Waals surface area contributed by atoms with Crippen LogP contribution in [0.1, 0.15) is 30.9 Å². The third-order valence-electron chi connectivity index (χ3n) is 6.32. The van der Waals surface area contributed by atoms with E-state index >= 15 is 0 Å². The molecule has 1 spiro atoms. The van der Waals surface area contributed by atoms with E-state index in [4.69, 9.17) is 0 Å². The minimum atomic E-state index is -0.0323. The Kier molecular flexibility index (Phi) is 2.66. The van der Waals surface area contributed by atoms with Gasteiger partial charge in [-0.25, -0.2) is 4.98 Å². The number of nitrogens with zero attached hydrogens (tertiary/aromatic N) is 3. The molecule has 4 nitrogen and oxygen atoms in total. The first kappa shape index (κ1) is 13.5. The molecule has 0 N–H and O–H groups in total. The van der Waals surface area contributed by atoms with Gasteiger partial charge in [0.1, 0.15) is 5.78 Å². The summed E-state index contributed by atoms with van der Waals surface area (Å²) in [6.07, 6.45) is 6.92. The van der Waals surface area contributed by atoms with E-state index in [9.17, 15) is 4.79 Å². The molecule has 1 aliphatic carbocycles. The third-order valence-corrected chi connectivity index (χ3v) is 6.32. The molecule has 4 heteroatoms. The maximum atomic E-state index is 13.1. The highest BCUT2D eigenvalue weighted by molar-refractivity contribution is 5.94. The van der Waals surface area contributed by atoms with Crippen molar-refractivity contribution in [2.24, 2.45) is 11.3 Å². The van der Waals surface area contributed by atoms with E-state index in [1.165, 1.54) is 11.1 Å². The minimum absolute atomic E-state index is 0.0323. The number of hydrogen-bond acceptors (Lipinski definition) is 3. The molecule has 23 heavy (non-hydrogen) atoms. The highest BCUT2D eigenvalue weighted by atomic mass is 16.1. The number of hydrogen-bond donors (Lipinski definition) is 0. The van der Waals surface area contributed by atoms with Crippen LogP contribution in [0.25, 0.3) is 11.3 Å². The van der Waals surface area contributed by atoms with Gasteiger partial charge in [-0.05, 0) is 45.0 Å². The summed E-state index contributed by atoms with van der Waals surface area (Å²) in [5.41, 5.74) is 3.66. The van der Waals surface area contributed by atoms with Crippen LogP contribution < -0.4 is 0 Å². The van der Waals surface area contributed by atoms with Crippen molar-refractivity contribution >= 4 is 5.78 Å². The van der Waals surface area contributed by atoms with E-state index in [0.717, 1.165) is 38.0 Å². The van der Waals surface area contributed by atoms with Crippen LogP contribution >= 0.6 is 0 Å².